The summed E-state index contributed by atoms with van der Waals surface area (Å²) in [6, 6.07) is 9.65. The van der Waals surface area contributed by atoms with Crippen molar-refractivity contribution in [2.45, 2.75) is 62.0 Å². The summed E-state index contributed by atoms with van der Waals surface area (Å²) in [6.45, 7) is 4.37. The number of hydrogen-bond donors (Lipinski definition) is 1. The van der Waals surface area contributed by atoms with E-state index in [2.05, 4.69) is 25.8 Å². The first-order valence-corrected chi connectivity index (χ1v) is 9.67. The molecule has 0 aromatic heterocycles. The lowest BCUT2D eigenvalue weighted by Crippen LogP contribution is -2.52. The fourth-order valence-corrected chi connectivity index (χ4v) is 5.02. The Labute approximate surface area is 134 Å². The fourth-order valence-electron chi connectivity index (χ4n) is 3.24. The van der Waals surface area contributed by atoms with E-state index in [1.807, 2.05) is 6.07 Å². The van der Waals surface area contributed by atoms with Crippen LogP contribution in [0.5, 0.6) is 0 Å². The molecule has 0 spiro atoms. The second-order valence-corrected chi connectivity index (χ2v) is 8.91. The van der Waals surface area contributed by atoms with E-state index in [0.29, 0.717) is 17.0 Å². The molecule has 1 aliphatic rings. The molecule has 5 heteroatoms. The lowest BCUT2D eigenvalue weighted by Gasteiger charge is -2.41. The zero-order valence-corrected chi connectivity index (χ0v) is 14.6. The van der Waals surface area contributed by atoms with Gasteiger partial charge in [-0.25, -0.2) is 8.42 Å². The maximum atomic E-state index is 12.5. The Kier molecular flexibility index (Phi) is 5.30. The van der Waals surface area contributed by atoms with Gasteiger partial charge in [-0.15, -0.1) is 0 Å². The van der Waals surface area contributed by atoms with Gasteiger partial charge < -0.3 is 10.6 Å². The fraction of sp³-hybridized carbons (Fsp3) is 0.647. The Morgan fingerprint density at radius 1 is 1.23 bits per heavy atom. The minimum atomic E-state index is -3.31. The summed E-state index contributed by atoms with van der Waals surface area (Å²) in [4.78, 5) is 2.74. The Balaban J connectivity index is 2.02. The van der Waals surface area contributed by atoms with Crippen LogP contribution in [-0.2, 0) is 9.84 Å². The zero-order valence-electron chi connectivity index (χ0n) is 13.8. The van der Waals surface area contributed by atoms with Gasteiger partial charge in [0.15, 0.2) is 9.84 Å². The Morgan fingerprint density at radius 2 is 1.77 bits per heavy atom. The molecule has 0 saturated heterocycles. The molecule has 0 aliphatic heterocycles. The van der Waals surface area contributed by atoms with Crippen LogP contribution in [0.4, 0.5) is 0 Å². The first-order valence-electron chi connectivity index (χ1n) is 8.02. The van der Waals surface area contributed by atoms with E-state index in [0.717, 1.165) is 25.7 Å². The van der Waals surface area contributed by atoms with Crippen LogP contribution in [-0.4, -0.2) is 43.7 Å². The van der Waals surface area contributed by atoms with Crippen LogP contribution in [0.3, 0.4) is 0 Å². The van der Waals surface area contributed by atoms with Gasteiger partial charge in [0, 0.05) is 17.6 Å². The minimum absolute atomic E-state index is 0.0438. The van der Waals surface area contributed by atoms with Crippen LogP contribution in [0.1, 0.15) is 39.5 Å². The van der Waals surface area contributed by atoms with Crippen LogP contribution >= 0.6 is 0 Å². The third-order valence-electron chi connectivity index (χ3n) is 4.92. The summed E-state index contributed by atoms with van der Waals surface area (Å²) in [7, 11) is -1.17. The van der Waals surface area contributed by atoms with Gasteiger partial charge >= 0.3 is 0 Å². The summed E-state index contributed by atoms with van der Waals surface area (Å²) >= 11 is 0. The van der Waals surface area contributed by atoms with Gasteiger partial charge in [-0.1, -0.05) is 18.2 Å². The topological polar surface area (TPSA) is 63.4 Å². The van der Waals surface area contributed by atoms with Crippen molar-refractivity contribution < 1.29 is 8.42 Å². The Bertz CT molecular complexity index is 576. The highest BCUT2D eigenvalue weighted by Crippen LogP contribution is 2.31. The molecule has 0 amide bonds. The molecule has 2 N–H and O–H groups in total. The van der Waals surface area contributed by atoms with Crippen molar-refractivity contribution in [2.75, 3.05) is 12.8 Å². The quantitative estimate of drug-likeness (QED) is 0.903. The van der Waals surface area contributed by atoms with Crippen molar-refractivity contribution >= 4 is 9.84 Å². The minimum Gasteiger partial charge on any atom is -0.324 e. The zero-order chi connectivity index (χ0) is 16.4. The second kappa shape index (κ2) is 6.69. The van der Waals surface area contributed by atoms with Crippen molar-refractivity contribution in [3.8, 4) is 0 Å². The van der Waals surface area contributed by atoms with Gasteiger partial charge in [-0.3, -0.25) is 0 Å². The second-order valence-electron chi connectivity index (χ2n) is 6.92. The molecule has 0 heterocycles. The lowest BCUT2D eigenvalue weighted by atomic mass is 9.81. The highest BCUT2D eigenvalue weighted by Gasteiger charge is 2.37. The van der Waals surface area contributed by atoms with Gasteiger partial charge in [-0.05, 0) is 58.7 Å². The molecular weight excluding hydrogens is 296 g/mol. The molecule has 1 aliphatic carbocycles. The monoisotopic (exact) mass is 324 g/mol. The van der Waals surface area contributed by atoms with Gasteiger partial charge in [0.25, 0.3) is 0 Å². The van der Waals surface area contributed by atoms with E-state index < -0.39 is 15.4 Å². The molecule has 124 valence electrons. The predicted octanol–water partition coefficient (Wildman–Crippen LogP) is 2.44. The van der Waals surface area contributed by atoms with E-state index in [1.54, 1.807) is 24.3 Å². The molecule has 22 heavy (non-hydrogen) atoms. The highest BCUT2D eigenvalue weighted by molar-refractivity contribution is 7.91. The van der Waals surface area contributed by atoms with Crippen LogP contribution < -0.4 is 5.73 Å². The number of benzene rings is 1. The smallest absolute Gasteiger partial charge is 0.180 e. The highest BCUT2D eigenvalue weighted by atomic mass is 32.2. The van der Waals surface area contributed by atoms with Crippen LogP contribution in [0.2, 0.25) is 0 Å². The Hall–Kier alpha value is -0.910. The molecule has 0 bridgehead atoms. The number of nitrogens with zero attached hydrogens (tertiary/aromatic N) is 1. The van der Waals surface area contributed by atoms with Crippen molar-refractivity contribution in [3.05, 3.63) is 30.3 Å². The number of rotatable bonds is 5. The van der Waals surface area contributed by atoms with Gasteiger partial charge in [0.1, 0.15) is 0 Å². The normalized spacial score (nSPS) is 26.5. The Morgan fingerprint density at radius 3 is 2.27 bits per heavy atom. The SMILES string of the molecule is CC(C)N(C)C1CCC(N)(CS(=O)(=O)c2ccccc2)CC1. The molecule has 1 aromatic carbocycles. The van der Waals surface area contributed by atoms with Crippen molar-refractivity contribution in [2.24, 2.45) is 5.73 Å². The largest absolute Gasteiger partial charge is 0.324 e. The first-order chi connectivity index (χ1) is 10.2. The van der Waals surface area contributed by atoms with Gasteiger partial charge in [0.05, 0.1) is 10.6 Å². The van der Waals surface area contributed by atoms with Crippen LogP contribution in [0.25, 0.3) is 0 Å². The molecule has 0 atom stereocenters. The average Bonchev–Trinajstić information content (AvgIpc) is 2.47. The van der Waals surface area contributed by atoms with Crippen molar-refractivity contribution in [1.29, 1.82) is 0 Å². The third kappa shape index (κ3) is 4.09. The molecule has 1 aromatic rings. The summed E-state index contributed by atoms with van der Waals surface area (Å²) in [5.74, 6) is 0.0438. The molecule has 1 saturated carbocycles. The van der Waals surface area contributed by atoms with Crippen LogP contribution in [0, 0.1) is 0 Å². The third-order valence-corrected chi connectivity index (χ3v) is 6.87. The van der Waals surface area contributed by atoms with E-state index >= 15 is 0 Å². The van der Waals surface area contributed by atoms with Crippen molar-refractivity contribution in [3.63, 3.8) is 0 Å². The summed E-state index contributed by atoms with van der Waals surface area (Å²) in [5.41, 5.74) is 5.83. The first kappa shape index (κ1) is 17.4. The van der Waals surface area contributed by atoms with Gasteiger partial charge in [0.2, 0.25) is 0 Å². The summed E-state index contributed by atoms with van der Waals surface area (Å²) in [6.07, 6.45) is 3.46. The summed E-state index contributed by atoms with van der Waals surface area (Å²) in [5, 5.41) is 0. The molecule has 0 unspecified atom stereocenters. The number of nitrogens with two attached hydrogens (primary N) is 1. The predicted molar refractivity (Wildman–Crippen MR) is 90.6 cm³/mol. The number of sulfone groups is 1. The van der Waals surface area contributed by atoms with Crippen LogP contribution in [0.15, 0.2) is 35.2 Å². The molecular formula is C17H28N2O2S. The van der Waals surface area contributed by atoms with Gasteiger partial charge in [-0.2, -0.15) is 0 Å². The molecule has 2 rings (SSSR count). The van der Waals surface area contributed by atoms with E-state index in [1.165, 1.54) is 0 Å². The van der Waals surface area contributed by atoms with E-state index in [9.17, 15) is 8.42 Å². The lowest BCUT2D eigenvalue weighted by molar-refractivity contribution is 0.130. The maximum Gasteiger partial charge on any atom is 0.180 e. The molecule has 4 nitrogen and oxygen atoms in total. The summed E-state index contributed by atoms with van der Waals surface area (Å²) < 4.78 is 25.1. The molecule has 1 fully saturated rings. The van der Waals surface area contributed by atoms with Crippen molar-refractivity contribution in [1.82, 2.24) is 4.90 Å². The van der Waals surface area contributed by atoms with E-state index in [-0.39, 0.29) is 5.75 Å². The maximum absolute atomic E-state index is 12.5. The number of hydrogen-bond acceptors (Lipinski definition) is 4. The van der Waals surface area contributed by atoms with E-state index in [4.69, 9.17) is 5.73 Å². The average molecular weight is 324 g/mol. The standard InChI is InChI=1S/C17H28N2O2S/c1-14(2)19(3)15-9-11-17(18,12-10-15)13-22(20,21)16-7-5-4-6-8-16/h4-8,14-15H,9-13,18H2,1-3H3. The molecule has 0 radical (unpaired) electrons.